The lowest BCUT2D eigenvalue weighted by atomic mass is 9.92. The molecular weight excluding hydrogens is 442 g/mol. The summed E-state index contributed by atoms with van der Waals surface area (Å²) in [4.78, 5) is 34.0. The van der Waals surface area contributed by atoms with Crippen molar-refractivity contribution in [1.29, 1.82) is 5.26 Å². The molecule has 2 aliphatic heterocycles. The van der Waals surface area contributed by atoms with E-state index in [1.165, 1.54) is 0 Å². The van der Waals surface area contributed by atoms with E-state index in [0.717, 1.165) is 24.1 Å². The van der Waals surface area contributed by atoms with E-state index in [2.05, 4.69) is 21.5 Å². The van der Waals surface area contributed by atoms with Crippen molar-refractivity contribution in [1.82, 2.24) is 19.7 Å². The Kier molecular flexibility index (Phi) is 5.52. The number of likely N-dealkylation sites (tertiary alicyclic amines) is 1. The molecule has 0 unspecified atom stereocenters. The highest BCUT2D eigenvalue weighted by atomic mass is 16.2. The number of anilines is 2. The average molecular weight is 472 g/mol. The Bertz CT molecular complexity index is 1350. The number of nitrogens with one attached hydrogen (secondary N) is 1. The standard InChI is InChI=1S/C26H27N7O2.H2/c1-26(2)23-10-17(12-27)4-5-22(23)25(35)33(26)21-11-20(14-28-15-21)30-19-6-8-32(9-7-19)24(34)18-13-29-31(3)16-18;/h4-5,10-11,13-16,19,30H,6-9H2,1-3H3;1H. The summed E-state index contributed by atoms with van der Waals surface area (Å²) in [6, 6.07) is 9.50. The Labute approximate surface area is 205 Å². The Morgan fingerprint density at radius 2 is 1.97 bits per heavy atom. The lowest BCUT2D eigenvalue weighted by Gasteiger charge is -2.34. The van der Waals surface area contributed by atoms with E-state index in [9.17, 15) is 14.9 Å². The first-order valence-corrected chi connectivity index (χ1v) is 11.7. The van der Waals surface area contributed by atoms with E-state index in [4.69, 9.17) is 0 Å². The van der Waals surface area contributed by atoms with Gasteiger partial charge in [0.25, 0.3) is 11.8 Å². The van der Waals surface area contributed by atoms with Crippen molar-refractivity contribution in [2.75, 3.05) is 23.3 Å². The fourth-order valence-corrected chi connectivity index (χ4v) is 5.05. The first-order valence-electron chi connectivity index (χ1n) is 11.7. The number of nitriles is 1. The number of aromatic nitrogens is 3. The highest BCUT2D eigenvalue weighted by molar-refractivity contribution is 6.12. The molecule has 1 fully saturated rings. The van der Waals surface area contributed by atoms with Crippen LogP contribution in [0.25, 0.3) is 0 Å². The highest BCUT2D eigenvalue weighted by Crippen LogP contribution is 2.42. The van der Waals surface area contributed by atoms with Gasteiger partial charge in [0.2, 0.25) is 0 Å². The number of piperidine rings is 1. The molecule has 0 atom stereocenters. The van der Waals surface area contributed by atoms with E-state index >= 15 is 0 Å². The minimum atomic E-state index is -0.614. The van der Waals surface area contributed by atoms with Gasteiger partial charge < -0.3 is 10.2 Å². The molecule has 4 heterocycles. The van der Waals surface area contributed by atoms with Crippen LogP contribution in [0.3, 0.4) is 0 Å². The van der Waals surface area contributed by atoms with Gasteiger partial charge in [-0.1, -0.05) is 0 Å². The molecule has 0 saturated carbocycles. The fourth-order valence-electron chi connectivity index (χ4n) is 5.05. The minimum Gasteiger partial charge on any atom is -0.381 e. The van der Waals surface area contributed by atoms with Gasteiger partial charge in [0.1, 0.15) is 0 Å². The van der Waals surface area contributed by atoms with Crippen LogP contribution < -0.4 is 10.2 Å². The molecule has 1 N–H and O–H groups in total. The van der Waals surface area contributed by atoms with Gasteiger partial charge in [-0.25, -0.2) is 0 Å². The van der Waals surface area contributed by atoms with Crippen LogP contribution in [-0.4, -0.2) is 50.6 Å². The van der Waals surface area contributed by atoms with E-state index < -0.39 is 5.54 Å². The van der Waals surface area contributed by atoms with Gasteiger partial charge >= 0.3 is 0 Å². The lowest BCUT2D eigenvalue weighted by molar-refractivity contribution is 0.0718. The summed E-state index contributed by atoms with van der Waals surface area (Å²) in [6.45, 7) is 5.28. The molecular formula is C26H29N7O2. The molecule has 3 aromatic rings. The van der Waals surface area contributed by atoms with Gasteiger partial charge in [-0.15, -0.1) is 0 Å². The van der Waals surface area contributed by atoms with Crippen LogP contribution in [-0.2, 0) is 12.6 Å². The highest BCUT2D eigenvalue weighted by Gasteiger charge is 2.44. The summed E-state index contributed by atoms with van der Waals surface area (Å²) in [5, 5.41) is 16.9. The van der Waals surface area contributed by atoms with Gasteiger partial charge in [-0.05, 0) is 56.5 Å². The SMILES string of the molecule is Cn1cc(C(=O)N2CCC(Nc3cncc(N4C(=O)c5ccc(C#N)cc5C4(C)C)c3)CC2)cn1.[HH]. The summed E-state index contributed by atoms with van der Waals surface area (Å²) >= 11 is 0. The van der Waals surface area contributed by atoms with Crippen molar-refractivity contribution >= 4 is 23.2 Å². The lowest BCUT2D eigenvalue weighted by Crippen LogP contribution is -2.42. The molecule has 0 radical (unpaired) electrons. The molecule has 2 amide bonds. The Morgan fingerprint density at radius 3 is 2.66 bits per heavy atom. The Balaban J connectivity index is 0.00000304. The first kappa shape index (κ1) is 22.6. The molecule has 180 valence electrons. The molecule has 35 heavy (non-hydrogen) atoms. The van der Waals surface area contributed by atoms with Gasteiger partial charge in [-0.3, -0.25) is 24.2 Å². The number of carbonyl (C=O) groups excluding carboxylic acids is 2. The van der Waals surface area contributed by atoms with Gasteiger partial charge in [-0.2, -0.15) is 10.4 Å². The van der Waals surface area contributed by atoms with Crippen LogP contribution in [0.4, 0.5) is 11.4 Å². The van der Waals surface area contributed by atoms with Crippen LogP contribution in [0.15, 0.2) is 49.1 Å². The van der Waals surface area contributed by atoms with Crippen LogP contribution in [0.2, 0.25) is 0 Å². The molecule has 0 aliphatic carbocycles. The fraction of sp³-hybridized carbons (Fsp3) is 0.346. The maximum absolute atomic E-state index is 13.3. The number of aryl methyl sites for hydroxylation is 1. The molecule has 2 aromatic heterocycles. The Morgan fingerprint density at radius 1 is 1.20 bits per heavy atom. The Hall–Kier alpha value is -4.19. The second-order valence-electron chi connectivity index (χ2n) is 9.62. The zero-order chi connectivity index (χ0) is 24.7. The van der Waals surface area contributed by atoms with Crippen LogP contribution >= 0.6 is 0 Å². The number of pyridine rings is 1. The smallest absolute Gasteiger partial charge is 0.259 e. The number of nitrogens with zero attached hydrogens (tertiary/aromatic N) is 6. The third-order valence-corrected chi connectivity index (χ3v) is 6.89. The summed E-state index contributed by atoms with van der Waals surface area (Å²) in [6.07, 6.45) is 8.41. The average Bonchev–Trinajstić information content (AvgIpc) is 3.37. The van der Waals surface area contributed by atoms with Crippen LogP contribution in [0, 0.1) is 11.3 Å². The van der Waals surface area contributed by atoms with Gasteiger partial charge in [0.05, 0.1) is 52.7 Å². The largest absolute Gasteiger partial charge is 0.381 e. The van der Waals surface area contributed by atoms with Crippen molar-refractivity contribution < 1.29 is 11.0 Å². The van der Waals surface area contributed by atoms with E-state index in [-0.39, 0.29) is 19.3 Å². The molecule has 9 nitrogen and oxygen atoms in total. The summed E-state index contributed by atoms with van der Waals surface area (Å²) in [5.41, 5.74) is 3.51. The molecule has 5 rings (SSSR count). The van der Waals surface area contributed by atoms with Crippen molar-refractivity contribution in [3.63, 3.8) is 0 Å². The van der Waals surface area contributed by atoms with E-state index in [1.54, 1.807) is 59.6 Å². The maximum atomic E-state index is 13.3. The molecule has 1 saturated heterocycles. The number of fused-ring (bicyclic) bond motifs is 1. The topological polar surface area (TPSA) is 107 Å². The predicted octanol–water partition coefficient (Wildman–Crippen LogP) is 3.54. The maximum Gasteiger partial charge on any atom is 0.259 e. The summed E-state index contributed by atoms with van der Waals surface area (Å²) in [7, 11) is 1.80. The van der Waals surface area contributed by atoms with Crippen molar-refractivity contribution in [2.45, 2.75) is 38.3 Å². The van der Waals surface area contributed by atoms with E-state index in [1.807, 2.05) is 24.8 Å². The molecule has 2 aliphatic rings. The summed E-state index contributed by atoms with van der Waals surface area (Å²) in [5.74, 6) is -0.0928. The molecule has 0 spiro atoms. The van der Waals surface area contributed by atoms with E-state index in [0.29, 0.717) is 35.5 Å². The second kappa shape index (κ2) is 8.55. The second-order valence-corrected chi connectivity index (χ2v) is 9.62. The van der Waals surface area contributed by atoms with Crippen molar-refractivity contribution in [2.24, 2.45) is 7.05 Å². The number of carbonyl (C=O) groups is 2. The third kappa shape index (κ3) is 4.01. The monoisotopic (exact) mass is 471 g/mol. The summed E-state index contributed by atoms with van der Waals surface area (Å²) < 4.78 is 1.63. The van der Waals surface area contributed by atoms with Crippen LogP contribution in [0.1, 0.15) is 60.0 Å². The number of amides is 2. The zero-order valence-corrected chi connectivity index (χ0v) is 20.0. The van der Waals surface area contributed by atoms with Gasteiger partial charge in [0.15, 0.2) is 0 Å². The number of hydrogen-bond acceptors (Lipinski definition) is 6. The predicted molar refractivity (Wildman–Crippen MR) is 133 cm³/mol. The van der Waals surface area contributed by atoms with Crippen molar-refractivity contribution in [3.05, 3.63) is 71.3 Å². The zero-order valence-electron chi connectivity index (χ0n) is 20.0. The number of hydrogen-bond donors (Lipinski definition) is 1. The number of rotatable bonds is 4. The first-order chi connectivity index (χ1) is 16.8. The molecule has 9 heteroatoms. The molecule has 0 bridgehead atoms. The molecule has 1 aromatic carbocycles. The third-order valence-electron chi connectivity index (χ3n) is 6.89. The van der Waals surface area contributed by atoms with Crippen molar-refractivity contribution in [3.8, 4) is 6.07 Å². The minimum absolute atomic E-state index is 0. The number of benzene rings is 1. The quantitative estimate of drug-likeness (QED) is 0.624. The van der Waals surface area contributed by atoms with Gasteiger partial charge in [0, 0.05) is 39.4 Å². The normalized spacial score (nSPS) is 17.3. The van der Waals surface area contributed by atoms with Crippen LogP contribution in [0.5, 0.6) is 0 Å².